The zero-order valence-electron chi connectivity index (χ0n) is 14.1. The third kappa shape index (κ3) is 3.95. The third-order valence-electron chi connectivity index (χ3n) is 4.95. The van der Waals surface area contributed by atoms with Crippen LogP contribution in [0.5, 0.6) is 0 Å². The van der Waals surface area contributed by atoms with Crippen molar-refractivity contribution < 1.29 is 14.3 Å². The van der Waals surface area contributed by atoms with Crippen LogP contribution in [0.2, 0.25) is 0 Å². The third-order valence-corrected chi connectivity index (χ3v) is 5.83. The van der Waals surface area contributed by atoms with Crippen molar-refractivity contribution in [2.75, 3.05) is 26.3 Å². The number of hydrogen-bond acceptors (Lipinski definition) is 4. The molecule has 0 aromatic carbocycles. The van der Waals surface area contributed by atoms with E-state index in [1.807, 2.05) is 22.4 Å². The molecule has 2 aliphatic rings. The lowest BCUT2D eigenvalue weighted by molar-refractivity contribution is -0.167. The largest absolute Gasteiger partial charge is 0.378 e. The second kappa shape index (κ2) is 7.32. The number of hydrogen-bond donors (Lipinski definition) is 0. The molecule has 0 N–H and O–H groups in total. The Morgan fingerprint density at radius 2 is 2.43 bits per heavy atom. The lowest BCUT2D eigenvalue weighted by atomic mass is 9.73. The molecule has 1 aromatic rings. The molecule has 1 aromatic heterocycles. The Morgan fingerprint density at radius 1 is 1.57 bits per heavy atom. The van der Waals surface area contributed by atoms with Crippen molar-refractivity contribution in [2.24, 2.45) is 5.41 Å². The predicted octanol–water partition coefficient (Wildman–Crippen LogP) is 3.11. The molecule has 4 nitrogen and oxygen atoms in total. The molecule has 128 valence electrons. The summed E-state index contributed by atoms with van der Waals surface area (Å²) in [7, 11) is 0. The Balaban J connectivity index is 1.68. The van der Waals surface area contributed by atoms with Crippen LogP contribution in [0.15, 0.2) is 17.5 Å². The highest BCUT2D eigenvalue weighted by atomic mass is 32.1. The molecule has 2 fully saturated rings. The van der Waals surface area contributed by atoms with Crippen LogP contribution in [-0.2, 0) is 20.7 Å². The highest BCUT2D eigenvalue weighted by molar-refractivity contribution is 7.10. The van der Waals surface area contributed by atoms with E-state index in [9.17, 15) is 4.79 Å². The first-order valence-corrected chi connectivity index (χ1v) is 9.50. The summed E-state index contributed by atoms with van der Waals surface area (Å²) in [6, 6.07) is 4.04. The topological polar surface area (TPSA) is 38.8 Å². The molecular formula is C18H27NO3S. The number of carbonyl (C=O) groups is 1. The molecule has 1 amide bonds. The highest BCUT2D eigenvalue weighted by Crippen LogP contribution is 2.40. The normalized spacial score (nSPS) is 28.0. The Labute approximate surface area is 142 Å². The minimum Gasteiger partial charge on any atom is -0.378 e. The summed E-state index contributed by atoms with van der Waals surface area (Å²) in [4.78, 5) is 15.9. The molecule has 3 heterocycles. The van der Waals surface area contributed by atoms with Crippen molar-refractivity contribution in [3.63, 3.8) is 0 Å². The van der Waals surface area contributed by atoms with Crippen LogP contribution in [0.4, 0.5) is 0 Å². The molecule has 0 spiro atoms. The summed E-state index contributed by atoms with van der Waals surface area (Å²) in [5, 5.41) is 2.03. The number of rotatable bonds is 5. The summed E-state index contributed by atoms with van der Waals surface area (Å²) < 4.78 is 12.0. The molecule has 0 saturated carbocycles. The van der Waals surface area contributed by atoms with Gasteiger partial charge in [0.2, 0.25) is 5.91 Å². The maximum absolute atomic E-state index is 12.7. The average molecular weight is 337 g/mol. The molecule has 2 saturated heterocycles. The van der Waals surface area contributed by atoms with Crippen molar-refractivity contribution in [1.82, 2.24) is 4.90 Å². The van der Waals surface area contributed by atoms with E-state index in [4.69, 9.17) is 9.47 Å². The molecule has 0 aliphatic carbocycles. The van der Waals surface area contributed by atoms with Crippen LogP contribution in [0, 0.1) is 5.41 Å². The maximum atomic E-state index is 12.7. The quantitative estimate of drug-likeness (QED) is 0.829. The first kappa shape index (κ1) is 16.9. The Bertz CT molecular complexity index is 516. The number of nitrogens with zero attached hydrogens (tertiary/aromatic N) is 1. The van der Waals surface area contributed by atoms with Gasteiger partial charge in [-0.05, 0) is 44.6 Å². The number of amides is 1. The first-order valence-electron chi connectivity index (χ1n) is 8.62. The van der Waals surface area contributed by atoms with E-state index in [2.05, 4.69) is 13.8 Å². The minimum atomic E-state index is -0.0219. The summed E-state index contributed by atoms with van der Waals surface area (Å²) in [6.07, 6.45) is 4.05. The van der Waals surface area contributed by atoms with E-state index in [1.54, 1.807) is 11.3 Å². The van der Waals surface area contributed by atoms with Gasteiger partial charge in [-0.3, -0.25) is 4.79 Å². The monoisotopic (exact) mass is 337 g/mol. The fourth-order valence-corrected chi connectivity index (χ4v) is 4.42. The molecule has 2 atom stereocenters. The summed E-state index contributed by atoms with van der Waals surface area (Å²) in [5.41, 5.74) is -0.0219. The maximum Gasteiger partial charge on any atom is 0.227 e. The van der Waals surface area contributed by atoms with Gasteiger partial charge in [-0.15, -0.1) is 11.3 Å². The van der Waals surface area contributed by atoms with Crippen LogP contribution in [0.3, 0.4) is 0 Å². The van der Waals surface area contributed by atoms with Crippen LogP contribution in [-0.4, -0.2) is 49.3 Å². The number of carbonyl (C=O) groups excluding carboxylic acids is 1. The van der Waals surface area contributed by atoms with Crippen molar-refractivity contribution in [3.8, 4) is 0 Å². The molecule has 23 heavy (non-hydrogen) atoms. The standard InChI is InChI=1S/C18H27NO3S/c1-14(2)22-13-18-7-4-9-21-16(18)6-8-19(12-18)17(20)11-15-5-3-10-23-15/h3,5,10,14,16H,4,6-9,11-13H2,1-2H3/t16-,18+/m1/s1. The predicted molar refractivity (Wildman–Crippen MR) is 91.7 cm³/mol. The fourth-order valence-electron chi connectivity index (χ4n) is 3.72. The van der Waals surface area contributed by atoms with Crippen LogP contribution in [0.25, 0.3) is 0 Å². The smallest absolute Gasteiger partial charge is 0.227 e. The molecule has 2 aliphatic heterocycles. The van der Waals surface area contributed by atoms with Crippen molar-refractivity contribution >= 4 is 17.2 Å². The molecule has 0 unspecified atom stereocenters. The molecule has 3 rings (SSSR count). The second-order valence-electron chi connectivity index (χ2n) is 7.05. The fraction of sp³-hybridized carbons (Fsp3) is 0.722. The summed E-state index contributed by atoms with van der Waals surface area (Å²) in [5.74, 6) is 0.236. The van der Waals surface area contributed by atoms with Gasteiger partial charge in [-0.2, -0.15) is 0 Å². The lowest BCUT2D eigenvalue weighted by Gasteiger charge is -2.50. The van der Waals surface area contributed by atoms with Gasteiger partial charge >= 0.3 is 0 Å². The van der Waals surface area contributed by atoms with Gasteiger partial charge in [-0.25, -0.2) is 0 Å². The van der Waals surface area contributed by atoms with Gasteiger partial charge < -0.3 is 14.4 Å². The number of ether oxygens (including phenoxy) is 2. The Morgan fingerprint density at radius 3 is 3.17 bits per heavy atom. The van der Waals surface area contributed by atoms with Gasteiger partial charge in [0.1, 0.15) is 0 Å². The van der Waals surface area contributed by atoms with Gasteiger partial charge in [-0.1, -0.05) is 6.07 Å². The van der Waals surface area contributed by atoms with E-state index in [1.165, 1.54) is 0 Å². The molecule has 0 bridgehead atoms. The molecule has 5 heteroatoms. The zero-order chi connectivity index (χ0) is 16.3. The Kier molecular flexibility index (Phi) is 5.39. The molecule has 0 radical (unpaired) electrons. The van der Waals surface area contributed by atoms with E-state index in [-0.39, 0.29) is 23.5 Å². The average Bonchev–Trinajstić information content (AvgIpc) is 3.05. The second-order valence-corrected chi connectivity index (χ2v) is 8.08. The van der Waals surface area contributed by atoms with E-state index < -0.39 is 0 Å². The van der Waals surface area contributed by atoms with Gasteiger partial charge in [0.05, 0.1) is 25.2 Å². The SMILES string of the molecule is CC(C)OC[C@@]12CCCO[C@@H]1CCN(C(=O)Cc1cccs1)C2. The Hall–Kier alpha value is -0.910. The van der Waals surface area contributed by atoms with Crippen molar-refractivity contribution in [1.29, 1.82) is 0 Å². The van der Waals surface area contributed by atoms with E-state index >= 15 is 0 Å². The minimum absolute atomic E-state index is 0.0219. The zero-order valence-corrected chi connectivity index (χ0v) is 14.9. The number of thiophene rings is 1. The number of likely N-dealkylation sites (tertiary alicyclic amines) is 1. The van der Waals surface area contributed by atoms with Crippen molar-refractivity contribution in [2.45, 2.75) is 51.7 Å². The van der Waals surface area contributed by atoms with E-state index in [0.717, 1.165) is 43.8 Å². The van der Waals surface area contributed by atoms with Crippen molar-refractivity contribution in [3.05, 3.63) is 22.4 Å². The lowest BCUT2D eigenvalue weighted by Crippen LogP contribution is -2.58. The van der Waals surface area contributed by atoms with E-state index in [0.29, 0.717) is 13.0 Å². The van der Waals surface area contributed by atoms with Crippen LogP contribution in [0.1, 0.15) is 38.0 Å². The highest BCUT2D eigenvalue weighted by Gasteiger charge is 2.47. The van der Waals surface area contributed by atoms with Crippen LogP contribution >= 0.6 is 11.3 Å². The van der Waals surface area contributed by atoms with Gasteiger partial charge in [0, 0.05) is 30.0 Å². The summed E-state index contributed by atoms with van der Waals surface area (Å²) in [6.45, 7) is 7.25. The first-order chi connectivity index (χ1) is 11.1. The number of fused-ring (bicyclic) bond motifs is 1. The summed E-state index contributed by atoms with van der Waals surface area (Å²) >= 11 is 1.65. The van der Waals surface area contributed by atoms with Crippen LogP contribution < -0.4 is 0 Å². The molecular weight excluding hydrogens is 310 g/mol. The van der Waals surface area contributed by atoms with Gasteiger partial charge in [0.25, 0.3) is 0 Å². The number of piperidine rings is 1. The van der Waals surface area contributed by atoms with Gasteiger partial charge in [0.15, 0.2) is 0 Å².